The average Bonchev–Trinajstić information content (AvgIpc) is 3.32. The first kappa shape index (κ1) is 30.6. The summed E-state index contributed by atoms with van der Waals surface area (Å²) in [5, 5.41) is 14.5. The molecule has 1 amide bonds. The number of nitrogens with one attached hydrogen (secondary N) is 1. The number of carboxylic acids is 1. The molecule has 7 nitrogen and oxygen atoms in total. The van der Waals surface area contributed by atoms with E-state index in [0.29, 0.717) is 29.6 Å². The summed E-state index contributed by atoms with van der Waals surface area (Å²) >= 11 is 13.9. The molecule has 0 bridgehead atoms. The number of hydrogen-bond donors (Lipinski definition) is 2. The summed E-state index contributed by atoms with van der Waals surface area (Å²) in [6.07, 6.45) is 3.03. The van der Waals surface area contributed by atoms with E-state index < -0.39 is 11.9 Å². The van der Waals surface area contributed by atoms with E-state index in [-0.39, 0.29) is 26.6 Å². The van der Waals surface area contributed by atoms with Crippen LogP contribution in [0.5, 0.6) is 5.75 Å². The number of halogens is 2. The topological polar surface area (TPSA) is 97.8 Å². The highest BCUT2D eigenvalue weighted by atomic mass is 35.5. The van der Waals surface area contributed by atoms with E-state index in [1.807, 2.05) is 23.6 Å². The zero-order valence-corrected chi connectivity index (χ0v) is 24.9. The lowest BCUT2D eigenvalue weighted by molar-refractivity contribution is -0.132. The van der Waals surface area contributed by atoms with Crippen LogP contribution in [0.3, 0.4) is 0 Å². The number of carboxylic acid groups (broad SMARTS) is 1. The monoisotopic (exact) mass is 590 g/mol. The number of carbonyl (C=O) groups excluding carboxylic acids is 1. The van der Waals surface area contributed by atoms with Crippen molar-refractivity contribution in [3.63, 3.8) is 0 Å². The van der Waals surface area contributed by atoms with Gasteiger partial charge in [-0.3, -0.25) is 10.1 Å². The second kappa shape index (κ2) is 13.4. The van der Waals surface area contributed by atoms with E-state index in [1.54, 1.807) is 7.11 Å². The van der Waals surface area contributed by atoms with Crippen molar-refractivity contribution in [1.82, 2.24) is 4.98 Å². The lowest BCUT2D eigenvalue weighted by Gasteiger charge is -2.18. The number of carbonyl (C=O) groups is 2. The van der Waals surface area contributed by atoms with Crippen molar-refractivity contribution in [1.29, 1.82) is 0 Å². The van der Waals surface area contributed by atoms with E-state index in [9.17, 15) is 9.59 Å². The van der Waals surface area contributed by atoms with Crippen LogP contribution in [0, 0.1) is 5.41 Å². The molecule has 3 rings (SSSR count). The maximum Gasteiger partial charge on any atom is 0.331 e. The summed E-state index contributed by atoms with van der Waals surface area (Å²) in [7, 11) is 1.64. The molecule has 1 heterocycles. The minimum atomic E-state index is -1.09. The molecule has 0 aliphatic heterocycles. The van der Waals surface area contributed by atoms with Crippen LogP contribution in [0.2, 0.25) is 10.0 Å². The van der Waals surface area contributed by atoms with E-state index in [0.717, 1.165) is 29.7 Å². The van der Waals surface area contributed by atoms with E-state index in [2.05, 4.69) is 31.1 Å². The Kier molecular flexibility index (Phi) is 10.6. The number of benzene rings is 2. The smallest absolute Gasteiger partial charge is 0.331 e. The molecular weight excluding hydrogens is 559 g/mol. The Morgan fingerprint density at radius 1 is 1.18 bits per heavy atom. The molecule has 0 saturated heterocycles. The maximum atomic E-state index is 12.9. The van der Waals surface area contributed by atoms with Crippen LogP contribution in [0.15, 0.2) is 41.3 Å². The fourth-order valence-corrected chi connectivity index (χ4v) is 5.02. The maximum absolute atomic E-state index is 12.9. The van der Waals surface area contributed by atoms with Gasteiger partial charge in [0.25, 0.3) is 5.91 Å². The van der Waals surface area contributed by atoms with E-state index in [1.165, 1.54) is 36.5 Å². The summed E-state index contributed by atoms with van der Waals surface area (Å²) in [5.74, 6) is -0.785. The standard InChI is InChI=1S/C29H32Cl2N2O5S/c1-17(27(35)36)12-21-22(30)13-19(14-23(21)31)26(34)33-28-32-24(15-39-28)20-10-6-8-18(25(20)37-5)9-7-11-38-16-29(2,3)4/h6,8,10,12-15H,7,9,11,16H2,1-5H3,(H,35,36)(H,32,33,34). The molecule has 208 valence electrons. The molecule has 0 unspecified atom stereocenters. The van der Waals surface area contributed by atoms with Crippen LogP contribution >= 0.6 is 34.5 Å². The van der Waals surface area contributed by atoms with Gasteiger partial charge in [-0.05, 0) is 55.0 Å². The number of hydrogen-bond acceptors (Lipinski definition) is 6. The Labute approximate surface area is 242 Å². The van der Waals surface area contributed by atoms with E-state index in [4.69, 9.17) is 37.8 Å². The number of nitrogens with zero attached hydrogens (tertiary/aromatic N) is 1. The fourth-order valence-electron chi connectivity index (χ4n) is 3.72. The number of methoxy groups -OCH3 is 1. The van der Waals surface area contributed by atoms with Crippen LogP contribution in [-0.4, -0.2) is 42.3 Å². The van der Waals surface area contributed by atoms with Gasteiger partial charge >= 0.3 is 5.97 Å². The Bertz CT molecular complexity index is 1360. The average molecular weight is 592 g/mol. The number of ether oxygens (including phenoxy) is 2. The Morgan fingerprint density at radius 2 is 1.87 bits per heavy atom. The molecule has 0 saturated carbocycles. The van der Waals surface area contributed by atoms with Crippen molar-refractivity contribution in [2.75, 3.05) is 25.6 Å². The number of aromatic nitrogens is 1. The molecule has 3 aromatic rings. The third-order valence-corrected chi connectivity index (χ3v) is 6.99. The minimum Gasteiger partial charge on any atom is -0.496 e. The SMILES string of the molecule is COc1c(CCCOCC(C)(C)C)cccc1-c1csc(NC(=O)c2cc(Cl)c(C=C(C)C(=O)O)c(Cl)c2)n1. The molecule has 2 N–H and O–H groups in total. The molecular formula is C29H32Cl2N2O5S. The van der Waals surface area contributed by atoms with Crippen molar-refractivity contribution >= 4 is 57.6 Å². The minimum absolute atomic E-state index is 0.0692. The number of thiazole rings is 1. The predicted molar refractivity (Wildman–Crippen MR) is 158 cm³/mol. The zero-order valence-electron chi connectivity index (χ0n) is 22.6. The highest BCUT2D eigenvalue weighted by molar-refractivity contribution is 7.14. The summed E-state index contributed by atoms with van der Waals surface area (Å²) in [5.41, 5.74) is 3.33. The highest BCUT2D eigenvalue weighted by Crippen LogP contribution is 2.36. The van der Waals surface area contributed by atoms with Crippen LogP contribution in [0.4, 0.5) is 5.13 Å². The second-order valence-electron chi connectivity index (χ2n) is 10.2. The van der Waals surface area contributed by atoms with Crippen LogP contribution in [0.25, 0.3) is 17.3 Å². The molecule has 0 aliphatic carbocycles. The molecule has 2 aromatic carbocycles. The zero-order chi connectivity index (χ0) is 28.7. The molecule has 0 spiro atoms. The van der Waals surface area contributed by atoms with Crippen molar-refractivity contribution < 1.29 is 24.2 Å². The van der Waals surface area contributed by atoms with Gasteiger partial charge in [0.1, 0.15) is 5.75 Å². The molecule has 10 heteroatoms. The lowest BCUT2D eigenvalue weighted by atomic mass is 9.99. The van der Waals surface area contributed by atoms with Gasteiger partial charge in [0, 0.05) is 34.3 Å². The summed E-state index contributed by atoms with van der Waals surface area (Å²) in [6.45, 7) is 9.25. The number of aliphatic carboxylic acids is 1. The van der Waals surface area contributed by atoms with Crippen LogP contribution < -0.4 is 10.1 Å². The molecule has 0 radical (unpaired) electrons. The third-order valence-electron chi connectivity index (χ3n) is 5.61. The summed E-state index contributed by atoms with van der Waals surface area (Å²) in [4.78, 5) is 28.6. The molecule has 0 fully saturated rings. The Hall–Kier alpha value is -2.91. The number of para-hydroxylation sites is 1. The number of aryl methyl sites for hydroxylation is 1. The Morgan fingerprint density at radius 3 is 2.49 bits per heavy atom. The lowest BCUT2D eigenvalue weighted by Crippen LogP contribution is -2.15. The van der Waals surface area contributed by atoms with E-state index >= 15 is 0 Å². The van der Waals surface area contributed by atoms with Gasteiger partial charge in [-0.15, -0.1) is 11.3 Å². The second-order valence-corrected chi connectivity index (χ2v) is 11.9. The molecule has 0 atom stereocenters. The van der Waals surface area contributed by atoms with Crippen LogP contribution in [-0.2, 0) is 16.0 Å². The van der Waals surface area contributed by atoms with Gasteiger partial charge in [-0.25, -0.2) is 9.78 Å². The number of amides is 1. The number of rotatable bonds is 11. The van der Waals surface area contributed by atoms with Crippen molar-refractivity contribution in [2.45, 2.75) is 40.5 Å². The normalized spacial score (nSPS) is 11.9. The molecule has 1 aromatic heterocycles. The highest BCUT2D eigenvalue weighted by Gasteiger charge is 2.17. The summed E-state index contributed by atoms with van der Waals surface area (Å²) < 4.78 is 11.5. The first-order valence-electron chi connectivity index (χ1n) is 12.3. The molecule has 0 aliphatic rings. The fraction of sp³-hybridized carbons (Fsp3) is 0.345. The van der Waals surface area contributed by atoms with Gasteiger partial charge in [0.2, 0.25) is 0 Å². The Balaban J connectivity index is 1.73. The first-order valence-corrected chi connectivity index (χ1v) is 13.9. The van der Waals surface area contributed by atoms with Crippen LogP contribution in [0.1, 0.15) is 55.6 Å². The van der Waals surface area contributed by atoms with Crippen molar-refractivity contribution in [2.24, 2.45) is 5.41 Å². The summed E-state index contributed by atoms with van der Waals surface area (Å²) in [6, 6.07) is 8.81. The largest absolute Gasteiger partial charge is 0.496 e. The third kappa shape index (κ3) is 8.54. The predicted octanol–water partition coefficient (Wildman–Crippen LogP) is 7.86. The van der Waals surface area contributed by atoms with Gasteiger partial charge in [0.15, 0.2) is 5.13 Å². The van der Waals surface area contributed by atoms with Gasteiger partial charge in [-0.1, -0.05) is 56.1 Å². The van der Waals surface area contributed by atoms with Crippen molar-refractivity contribution in [3.8, 4) is 17.0 Å². The molecule has 39 heavy (non-hydrogen) atoms. The first-order chi connectivity index (χ1) is 18.4. The number of anilines is 1. The van der Waals surface area contributed by atoms with Gasteiger partial charge < -0.3 is 14.6 Å². The van der Waals surface area contributed by atoms with Gasteiger partial charge in [-0.2, -0.15) is 0 Å². The quantitative estimate of drug-likeness (QED) is 0.174. The van der Waals surface area contributed by atoms with Gasteiger partial charge in [0.05, 0.1) is 29.5 Å². The van der Waals surface area contributed by atoms with Crippen molar-refractivity contribution in [3.05, 3.63) is 68.0 Å².